The summed E-state index contributed by atoms with van der Waals surface area (Å²) in [5.41, 5.74) is -3.62. The van der Waals surface area contributed by atoms with Crippen LogP contribution in [0.3, 0.4) is 0 Å². The Kier molecular flexibility index (Phi) is 4.43. The van der Waals surface area contributed by atoms with E-state index in [1.807, 2.05) is 0 Å². The summed E-state index contributed by atoms with van der Waals surface area (Å²) in [5, 5.41) is 9.49. The Hall–Kier alpha value is -2.03. The maximum Gasteiger partial charge on any atom is 0.419 e. The molecule has 0 unspecified atom stereocenters. The zero-order chi connectivity index (χ0) is 18.4. The van der Waals surface area contributed by atoms with Crippen molar-refractivity contribution in [3.63, 3.8) is 0 Å². The topological polar surface area (TPSA) is 68.5 Å². The van der Waals surface area contributed by atoms with Crippen LogP contribution in [0.5, 0.6) is 0 Å². The highest BCUT2D eigenvalue weighted by molar-refractivity contribution is 9.10. The van der Waals surface area contributed by atoms with Crippen LogP contribution in [0, 0.1) is 0 Å². The van der Waals surface area contributed by atoms with E-state index >= 15 is 0 Å². The van der Waals surface area contributed by atoms with E-state index in [1.165, 1.54) is 12.3 Å². The number of rotatable bonds is 1. The first-order chi connectivity index (χ1) is 10.8. The van der Waals surface area contributed by atoms with Crippen molar-refractivity contribution < 1.29 is 32.6 Å². The summed E-state index contributed by atoms with van der Waals surface area (Å²) in [4.78, 5) is 23.7. The molecule has 0 radical (unpaired) electrons. The summed E-state index contributed by atoms with van der Waals surface area (Å²) in [6, 6.07) is 2.46. The highest BCUT2D eigenvalue weighted by atomic mass is 79.9. The summed E-state index contributed by atoms with van der Waals surface area (Å²) in [5.74, 6) is -1.79. The van der Waals surface area contributed by atoms with Crippen molar-refractivity contribution in [2.24, 2.45) is 0 Å². The highest BCUT2D eigenvalue weighted by Gasteiger charge is 2.40. The van der Waals surface area contributed by atoms with Crippen molar-refractivity contribution in [2.45, 2.75) is 32.5 Å². The van der Waals surface area contributed by atoms with Crippen LogP contribution < -0.4 is 0 Å². The maximum absolute atomic E-state index is 13.3. The molecule has 0 amide bonds. The minimum Gasteiger partial charge on any atom is -0.478 e. The molecule has 2 rings (SSSR count). The molecule has 0 bridgehead atoms. The standard InChI is InChI=1S/C15H13BrF3NO4/c1-14(2,3)24-13(23)20-5-4-7-6-8(16)10(15(17,18)19)9(11(7)20)12(21)22/h4-6H,1-3H3,(H,21,22). The van der Waals surface area contributed by atoms with Gasteiger partial charge in [-0.3, -0.25) is 4.57 Å². The molecule has 1 aromatic carbocycles. The first-order valence-corrected chi connectivity index (χ1v) is 7.49. The lowest BCUT2D eigenvalue weighted by molar-refractivity contribution is -0.138. The van der Waals surface area contributed by atoms with Crippen molar-refractivity contribution in [1.82, 2.24) is 4.57 Å². The predicted molar refractivity (Wildman–Crippen MR) is 83.2 cm³/mol. The molecular weight excluding hydrogens is 395 g/mol. The largest absolute Gasteiger partial charge is 0.478 e. The van der Waals surface area contributed by atoms with Gasteiger partial charge in [0.15, 0.2) is 0 Å². The van der Waals surface area contributed by atoms with E-state index in [2.05, 4.69) is 15.9 Å². The van der Waals surface area contributed by atoms with Crippen LogP contribution in [0.1, 0.15) is 36.7 Å². The second-order valence-electron chi connectivity index (χ2n) is 6.02. The highest BCUT2D eigenvalue weighted by Crippen LogP contribution is 2.41. The second-order valence-corrected chi connectivity index (χ2v) is 6.87. The second kappa shape index (κ2) is 5.80. The SMILES string of the molecule is CC(C)(C)OC(=O)n1ccc2cc(Br)c(C(F)(F)F)c(C(=O)O)c21. The van der Waals surface area contributed by atoms with Gasteiger partial charge in [0, 0.05) is 16.1 Å². The van der Waals surface area contributed by atoms with Crippen LogP contribution in [0.15, 0.2) is 22.8 Å². The Bertz CT molecular complexity index is 834. The van der Waals surface area contributed by atoms with Crippen molar-refractivity contribution in [2.75, 3.05) is 0 Å². The van der Waals surface area contributed by atoms with E-state index in [0.29, 0.717) is 0 Å². The number of carboxylic acids is 1. The summed E-state index contributed by atoms with van der Waals surface area (Å²) in [6.45, 7) is 4.77. The van der Waals surface area contributed by atoms with Gasteiger partial charge in [-0.05, 0) is 32.9 Å². The number of hydrogen-bond donors (Lipinski definition) is 1. The van der Waals surface area contributed by atoms with Crippen LogP contribution in [0.4, 0.5) is 18.0 Å². The van der Waals surface area contributed by atoms with Crippen LogP contribution in [-0.4, -0.2) is 27.3 Å². The fourth-order valence-corrected chi connectivity index (χ4v) is 2.89. The third-order valence-electron chi connectivity index (χ3n) is 3.01. The number of aromatic carboxylic acids is 1. The molecule has 0 saturated heterocycles. The minimum atomic E-state index is -4.91. The molecule has 0 aliphatic rings. The molecule has 9 heteroatoms. The number of benzene rings is 1. The number of carbonyl (C=O) groups excluding carboxylic acids is 1. The number of aromatic nitrogens is 1. The third kappa shape index (κ3) is 3.40. The quantitative estimate of drug-likeness (QED) is 0.729. The lowest BCUT2D eigenvalue weighted by Gasteiger charge is -2.20. The van der Waals surface area contributed by atoms with Gasteiger partial charge in [0.25, 0.3) is 0 Å². The molecule has 2 aromatic rings. The average Bonchev–Trinajstić information content (AvgIpc) is 2.76. The first kappa shape index (κ1) is 18.3. The lowest BCUT2D eigenvalue weighted by Crippen LogP contribution is -2.27. The van der Waals surface area contributed by atoms with Crippen LogP contribution >= 0.6 is 15.9 Å². The Morgan fingerprint density at radius 3 is 2.29 bits per heavy atom. The van der Waals surface area contributed by atoms with Crippen molar-refractivity contribution >= 4 is 38.9 Å². The van der Waals surface area contributed by atoms with Gasteiger partial charge < -0.3 is 9.84 Å². The zero-order valence-corrected chi connectivity index (χ0v) is 14.4. The number of fused-ring (bicyclic) bond motifs is 1. The van der Waals surface area contributed by atoms with Crippen molar-refractivity contribution in [3.05, 3.63) is 33.9 Å². The summed E-state index contributed by atoms with van der Waals surface area (Å²) in [6.07, 6.45) is -4.70. The van der Waals surface area contributed by atoms with E-state index in [-0.39, 0.29) is 10.9 Å². The fraction of sp³-hybridized carbons (Fsp3) is 0.333. The van der Waals surface area contributed by atoms with Crippen LogP contribution in [0.2, 0.25) is 0 Å². The molecule has 0 atom stereocenters. The Balaban J connectivity index is 2.83. The van der Waals surface area contributed by atoms with Crippen molar-refractivity contribution in [3.8, 4) is 0 Å². The molecular formula is C15H13BrF3NO4. The molecule has 0 fully saturated rings. The fourth-order valence-electron chi connectivity index (χ4n) is 2.22. The van der Waals surface area contributed by atoms with Gasteiger partial charge in [-0.1, -0.05) is 15.9 Å². The van der Waals surface area contributed by atoms with Gasteiger partial charge >= 0.3 is 18.2 Å². The normalized spacial score (nSPS) is 12.5. The number of ether oxygens (including phenoxy) is 1. The Morgan fingerprint density at radius 1 is 1.25 bits per heavy atom. The smallest absolute Gasteiger partial charge is 0.419 e. The Labute approximate surface area is 143 Å². The Morgan fingerprint density at radius 2 is 1.83 bits per heavy atom. The van der Waals surface area contributed by atoms with Crippen molar-refractivity contribution in [1.29, 1.82) is 0 Å². The summed E-state index contributed by atoms with van der Waals surface area (Å²) < 4.78 is 45.3. The molecule has 0 saturated carbocycles. The number of carboxylic acid groups (broad SMARTS) is 1. The molecule has 130 valence electrons. The molecule has 5 nitrogen and oxygen atoms in total. The first-order valence-electron chi connectivity index (χ1n) is 6.70. The molecule has 24 heavy (non-hydrogen) atoms. The predicted octanol–water partition coefficient (Wildman–Crippen LogP) is 4.90. The van der Waals surface area contributed by atoms with Gasteiger partial charge in [0.05, 0.1) is 16.6 Å². The molecule has 1 N–H and O–H groups in total. The molecule has 1 heterocycles. The van der Waals surface area contributed by atoms with Gasteiger partial charge in [0.2, 0.25) is 0 Å². The number of carbonyl (C=O) groups is 2. The maximum atomic E-state index is 13.3. The van der Waals surface area contributed by atoms with Gasteiger partial charge in [0.1, 0.15) is 5.60 Å². The van der Waals surface area contributed by atoms with Gasteiger partial charge in [-0.25, -0.2) is 9.59 Å². The minimum absolute atomic E-state index is 0.165. The number of hydrogen-bond acceptors (Lipinski definition) is 3. The van der Waals surface area contributed by atoms with Gasteiger partial charge in [-0.15, -0.1) is 0 Å². The van der Waals surface area contributed by atoms with Crippen LogP contribution in [0.25, 0.3) is 10.9 Å². The van der Waals surface area contributed by atoms with Gasteiger partial charge in [-0.2, -0.15) is 13.2 Å². The summed E-state index contributed by atoms with van der Waals surface area (Å²) >= 11 is 2.76. The van der Waals surface area contributed by atoms with E-state index in [4.69, 9.17) is 4.74 Å². The molecule has 0 aliphatic carbocycles. The number of nitrogens with zero attached hydrogens (tertiary/aromatic N) is 1. The summed E-state index contributed by atoms with van der Waals surface area (Å²) in [7, 11) is 0. The van der Waals surface area contributed by atoms with Crippen LogP contribution in [-0.2, 0) is 10.9 Å². The third-order valence-corrected chi connectivity index (χ3v) is 3.64. The van der Waals surface area contributed by atoms with E-state index in [0.717, 1.165) is 10.6 Å². The number of halogens is 4. The average molecular weight is 408 g/mol. The molecule has 1 aromatic heterocycles. The number of alkyl halides is 3. The lowest BCUT2D eigenvalue weighted by atomic mass is 10.0. The van der Waals surface area contributed by atoms with E-state index in [9.17, 15) is 27.9 Å². The van der Waals surface area contributed by atoms with E-state index < -0.39 is 39.4 Å². The molecule has 0 aliphatic heterocycles. The monoisotopic (exact) mass is 407 g/mol. The molecule has 0 spiro atoms. The zero-order valence-electron chi connectivity index (χ0n) is 12.9. The van der Waals surface area contributed by atoms with E-state index in [1.54, 1.807) is 20.8 Å².